The third-order valence-electron chi connectivity index (χ3n) is 19.1. The molecule has 0 bridgehead atoms. The number of aliphatic hydroxyl groups excluding tert-OH is 2. The summed E-state index contributed by atoms with van der Waals surface area (Å²) in [4.78, 5) is 41.8. The van der Waals surface area contributed by atoms with E-state index in [4.69, 9.17) is 41.9 Å². The van der Waals surface area contributed by atoms with Gasteiger partial charge < -0.3 is 15.1 Å². The number of Topliss-reactive ketones (excluding diaryl/α,β-unsaturated/α-hetero) is 1. The number of ketones is 1. The Morgan fingerprint density at radius 1 is 0.656 bits per heavy atom. The van der Waals surface area contributed by atoms with Crippen LogP contribution in [0.3, 0.4) is 0 Å². The highest BCUT2D eigenvalue weighted by Gasteiger charge is 2.60. The van der Waals surface area contributed by atoms with Gasteiger partial charge in [-0.15, -0.1) is 11.6 Å². The maximum absolute atomic E-state index is 14.3. The average Bonchev–Trinajstić information content (AvgIpc) is 3.80. The minimum Gasteiger partial charge on any atom is -0.391 e. The first-order valence-electron chi connectivity index (χ1n) is 25.4. The van der Waals surface area contributed by atoms with Gasteiger partial charge in [-0.05, 0) is 132 Å². The number of carbonyl (C=O) groups excluding carboxylic acids is 2. The molecule has 21 atom stereocenters. The minimum atomic E-state index is -0.667. The van der Waals surface area contributed by atoms with Crippen molar-refractivity contribution in [1.82, 2.24) is 10.4 Å². The van der Waals surface area contributed by atoms with Gasteiger partial charge >= 0.3 is 0 Å². The van der Waals surface area contributed by atoms with Crippen molar-refractivity contribution < 1.29 is 24.6 Å². The number of hydroxylamine groups is 1. The maximum atomic E-state index is 14.3. The zero-order valence-electron chi connectivity index (χ0n) is 36.3. The summed E-state index contributed by atoms with van der Waals surface area (Å²) >= 11 is 6.58. The SMILES string of the molecule is O=C1C2CC(N=NC3C(O)CC4C(=O)N5C(=NC6CCCCC65)C5CCCC3C45)CCC2C2CCC(N=NC3C(O)C(CONC4CCCCC4Cl)CC4CCCCC43)CC12. The molecule has 0 aromatic carbocycles. The summed E-state index contributed by atoms with van der Waals surface area (Å²) in [6.45, 7) is 0.460. The van der Waals surface area contributed by atoms with Crippen molar-refractivity contribution in [2.45, 2.75) is 208 Å². The predicted octanol–water partition coefficient (Wildman–Crippen LogP) is 8.02. The van der Waals surface area contributed by atoms with Gasteiger partial charge in [-0.3, -0.25) is 19.5 Å². The van der Waals surface area contributed by atoms with Crippen LogP contribution in [-0.2, 0) is 14.4 Å². The molecule has 61 heavy (non-hydrogen) atoms. The molecule has 10 fully saturated rings. The largest absolute Gasteiger partial charge is 0.391 e. The van der Waals surface area contributed by atoms with Crippen LogP contribution < -0.4 is 5.48 Å². The number of piperidine rings is 1. The van der Waals surface area contributed by atoms with E-state index in [0.717, 1.165) is 102 Å². The third kappa shape index (κ3) is 7.61. The first-order valence-corrected chi connectivity index (χ1v) is 25.9. The Kier molecular flexibility index (Phi) is 12.0. The number of rotatable bonds is 8. The van der Waals surface area contributed by atoms with Crippen LogP contribution in [0.15, 0.2) is 25.4 Å². The molecule has 11 aliphatic rings. The highest BCUT2D eigenvalue weighted by atomic mass is 35.5. The lowest BCUT2D eigenvalue weighted by atomic mass is 9.56. The number of alkyl halides is 1. The normalized spacial score (nSPS) is 50.7. The summed E-state index contributed by atoms with van der Waals surface area (Å²) in [5.74, 6) is 3.96. The molecule has 0 aromatic rings. The van der Waals surface area contributed by atoms with Crippen molar-refractivity contribution in [3.8, 4) is 0 Å². The summed E-state index contributed by atoms with van der Waals surface area (Å²) in [6.07, 6.45) is 22.3. The summed E-state index contributed by atoms with van der Waals surface area (Å²) < 4.78 is 0. The fourth-order valence-electron chi connectivity index (χ4n) is 16.2. The standard InChI is InChI=1S/C48H72ClN7O5/c49-37-12-3-4-13-38(37)55-61-24-26-20-25-8-1-2-9-29(25)44(45(26)58)54-52-28-17-19-31-30-18-16-27(21-34(30)46(59)35(31)22-28)51-53-43-32-10-7-11-33-42(32)36(23-41(43)57)48(60)56-40-15-6-5-14-39(40)50-47(33)56/h25-45,55,57-58H,1-24H2. The van der Waals surface area contributed by atoms with Gasteiger partial charge in [-0.25, -0.2) is 0 Å². The molecular formula is C48H72ClN7O5. The molecule has 3 N–H and O–H groups in total. The van der Waals surface area contributed by atoms with Gasteiger partial charge in [0, 0.05) is 35.6 Å². The summed E-state index contributed by atoms with van der Waals surface area (Å²) in [5, 5.41) is 43.5. The number of hydrogen-bond acceptors (Lipinski definition) is 11. The van der Waals surface area contributed by atoms with Crippen LogP contribution in [0.25, 0.3) is 0 Å². The lowest BCUT2D eigenvalue weighted by Gasteiger charge is -2.54. The summed E-state index contributed by atoms with van der Waals surface area (Å²) in [7, 11) is 0. The van der Waals surface area contributed by atoms with Gasteiger partial charge in [0.1, 0.15) is 17.7 Å². The Morgan fingerprint density at radius 3 is 2.13 bits per heavy atom. The molecule has 12 nitrogen and oxygen atoms in total. The maximum Gasteiger partial charge on any atom is 0.231 e. The molecule has 9 saturated carbocycles. The molecule has 1 saturated heterocycles. The van der Waals surface area contributed by atoms with Gasteiger partial charge in [0.05, 0.1) is 54.4 Å². The van der Waals surface area contributed by atoms with Crippen LogP contribution in [0, 0.1) is 65.1 Å². The first kappa shape index (κ1) is 41.8. The van der Waals surface area contributed by atoms with Gasteiger partial charge in [-0.1, -0.05) is 51.4 Å². The lowest BCUT2D eigenvalue weighted by molar-refractivity contribution is -0.147. The molecule has 9 aliphatic carbocycles. The Balaban J connectivity index is 0.718. The van der Waals surface area contributed by atoms with Crippen LogP contribution in [0.4, 0.5) is 0 Å². The molecule has 336 valence electrons. The quantitative estimate of drug-likeness (QED) is 0.127. The number of azo groups is 2. The number of amides is 1. The number of aliphatic imine (C=N–C) groups is 1. The average molecular weight is 863 g/mol. The van der Waals surface area contributed by atoms with Crippen LogP contribution >= 0.6 is 11.6 Å². The highest BCUT2D eigenvalue weighted by molar-refractivity contribution is 6.21. The zero-order chi connectivity index (χ0) is 41.4. The van der Waals surface area contributed by atoms with E-state index in [1.807, 2.05) is 0 Å². The van der Waals surface area contributed by atoms with E-state index in [2.05, 4.69) is 10.4 Å². The molecule has 2 heterocycles. The van der Waals surface area contributed by atoms with E-state index in [0.29, 0.717) is 42.5 Å². The van der Waals surface area contributed by atoms with Gasteiger partial charge in [0.2, 0.25) is 5.91 Å². The molecule has 1 amide bonds. The number of halogens is 1. The van der Waals surface area contributed by atoms with Gasteiger partial charge in [-0.2, -0.15) is 25.9 Å². The number of aliphatic hydroxyl groups is 2. The molecule has 11 rings (SSSR count). The zero-order valence-corrected chi connectivity index (χ0v) is 37.0. The molecule has 2 aliphatic heterocycles. The summed E-state index contributed by atoms with van der Waals surface area (Å²) in [6, 6.07) is 0.172. The number of hydrogen-bond donors (Lipinski definition) is 3. The molecule has 0 spiro atoms. The predicted molar refractivity (Wildman–Crippen MR) is 231 cm³/mol. The van der Waals surface area contributed by atoms with Crippen LogP contribution in [0.2, 0.25) is 0 Å². The molecular weight excluding hydrogens is 790 g/mol. The van der Waals surface area contributed by atoms with Crippen molar-refractivity contribution in [3.05, 3.63) is 0 Å². The Bertz CT molecular complexity index is 1730. The second-order valence-corrected chi connectivity index (χ2v) is 22.7. The van der Waals surface area contributed by atoms with Crippen LogP contribution in [0.5, 0.6) is 0 Å². The van der Waals surface area contributed by atoms with Crippen LogP contribution in [-0.4, -0.2) is 99.1 Å². The van der Waals surface area contributed by atoms with Crippen molar-refractivity contribution in [3.63, 3.8) is 0 Å². The van der Waals surface area contributed by atoms with Crippen molar-refractivity contribution >= 4 is 29.1 Å². The topological polar surface area (TPSA) is 161 Å². The van der Waals surface area contributed by atoms with E-state index in [1.54, 1.807) is 0 Å². The van der Waals surface area contributed by atoms with Crippen molar-refractivity contribution in [2.24, 2.45) is 90.5 Å². The Hall–Kier alpha value is -1.86. The Morgan fingerprint density at radius 2 is 1.34 bits per heavy atom. The van der Waals surface area contributed by atoms with Gasteiger partial charge in [0.25, 0.3) is 0 Å². The Labute approximate surface area is 367 Å². The molecule has 13 heteroatoms. The number of carbonyl (C=O) groups is 2. The van der Waals surface area contributed by atoms with E-state index in [1.165, 1.54) is 44.9 Å². The third-order valence-corrected chi connectivity index (χ3v) is 19.6. The van der Waals surface area contributed by atoms with Crippen LogP contribution in [0.1, 0.15) is 148 Å². The smallest absolute Gasteiger partial charge is 0.231 e. The van der Waals surface area contributed by atoms with E-state index in [9.17, 15) is 19.8 Å². The fourth-order valence-corrected chi connectivity index (χ4v) is 16.5. The number of amidine groups is 1. The second-order valence-electron chi connectivity index (χ2n) is 22.2. The fraction of sp³-hybridized carbons (Fsp3) is 0.938. The van der Waals surface area contributed by atoms with Crippen molar-refractivity contribution in [1.29, 1.82) is 0 Å². The lowest BCUT2D eigenvalue weighted by Crippen LogP contribution is -2.63. The van der Waals surface area contributed by atoms with E-state index in [-0.39, 0.29) is 95.0 Å². The number of nitrogens with zero attached hydrogens (tertiary/aromatic N) is 6. The first-order chi connectivity index (χ1) is 29.8. The van der Waals surface area contributed by atoms with Gasteiger partial charge in [0.15, 0.2) is 0 Å². The summed E-state index contributed by atoms with van der Waals surface area (Å²) in [5.41, 5.74) is 3.25. The van der Waals surface area contributed by atoms with Crippen molar-refractivity contribution in [2.75, 3.05) is 6.61 Å². The molecule has 0 radical (unpaired) electrons. The molecule has 21 unspecified atom stereocenters. The molecule has 0 aromatic heterocycles. The van der Waals surface area contributed by atoms with E-state index >= 15 is 0 Å². The highest BCUT2D eigenvalue weighted by Crippen LogP contribution is 2.56. The number of fused-ring (bicyclic) bond motifs is 8. The minimum absolute atomic E-state index is 0.00154. The van der Waals surface area contributed by atoms with E-state index < -0.39 is 12.2 Å². The second kappa shape index (κ2) is 17.5. The number of nitrogens with one attached hydrogen (secondary N) is 1. The monoisotopic (exact) mass is 862 g/mol.